The number of rotatable bonds is 7. The maximum Gasteiger partial charge on any atom is 0.317 e. The number of aromatic nitrogens is 1. The van der Waals surface area contributed by atoms with Crippen molar-refractivity contribution in [3.8, 4) is 0 Å². The Morgan fingerprint density at radius 1 is 1.55 bits per heavy atom. The summed E-state index contributed by atoms with van der Waals surface area (Å²) in [5.74, 6) is -0.901. The van der Waals surface area contributed by atoms with Crippen LogP contribution in [0.4, 0.5) is 4.79 Å². The number of hydrogen-bond acceptors (Lipinski definition) is 4. The van der Waals surface area contributed by atoms with Crippen LogP contribution in [0, 0.1) is 6.92 Å². The van der Waals surface area contributed by atoms with Gasteiger partial charge in [-0.3, -0.25) is 4.79 Å². The lowest BCUT2D eigenvalue weighted by Gasteiger charge is -2.22. The van der Waals surface area contributed by atoms with Crippen LogP contribution in [-0.2, 0) is 11.3 Å². The van der Waals surface area contributed by atoms with Gasteiger partial charge in [-0.1, -0.05) is 13.3 Å². The molecule has 2 N–H and O–H groups in total. The smallest absolute Gasteiger partial charge is 0.317 e. The molecule has 112 valence electrons. The topological polar surface area (TPSA) is 82.5 Å². The number of thiazole rings is 1. The Hall–Kier alpha value is -1.63. The fourth-order valence-corrected chi connectivity index (χ4v) is 2.47. The second-order valence-corrected chi connectivity index (χ2v) is 5.81. The van der Waals surface area contributed by atoms with Crippen LogP contribution in [0.2, 0.25) is 0 Å². The number of amides is 2. The number of urea groups is 1. The number of hydrogen-bond donors (Lipinski definition) is 2. The summed E-state index contributed by atoms with van der Waals surface area (Å²) in [6.45, 7) is 4.29. The molecule has 1 rings (SSSR count). The molecule has 0 spiro atoms. The van der Waals surface area contributed by atoms with Gasteiger partial charge in [0.25, 0.3) is 0 Å². The molecule has 1 aromatic heterocycles. The van der Waals surface area contributed by atoms with Crippen LogP contribution in [-0.4, -0.2) is 40.1 Å². The zero-order valence-electron chi connectivity index (χ0n) is 12.0. The zero-order chi connectivity index (χ0) is 15.1. The van der Waals surface area contributed by atoms with Gasteiger partial charge in [0, 0.05) is 18.5 Å². The lowest BCUT2D eigenvalue weighted by atomic mass is 10.1. The van der Waals surface area contributed by atoms with Crippen LogP contribution in [0.25, 0.3) is 0 Å². The molecule has 0 bridgehead atoms. The Morgan fingerprint density at radius 2 is 2.25 bits per heavy atom. The number of carbonyl (C=O) groups excluding carboxylic acids is 1. The molecule has 2 amide bonds. The van der Waals surface area contributed by atoms with Crippen LogP contribution in [0.5, 0.6) is 0 Å². The molecule has 0 aliphatic carbocycles. The second kappa shape index (κ2) is 7.84. The van der Waals surface area contributed by atoms with Gasteiger partial charge in [0.1, 0.15) is 0 Å². The van der Waals surface area contributed by atoms with Crippen molar-refractivity contribution < 1.29 is 14.7 Å². The van der Waals surface area contributed by atoms with E-state index in [1.165, 1.54) is 4.90 Å². The van der Waals surface area contributed by atoms with Crippen molar-refractivity contribution in [1.29, 1.82) is 0 Å². The molecule has 0 saturated carbocycles. The van der Waals surface area contributed by atoms with Gasteiger partial charge in [0.05, 0.1) is 23.7 Å². The molecular weight excluding hydrogens is 278 g/mol. The highest BCUT2D eigenvalue weighted by molar-refractivity contribution is 7.09. The SMILES string of the molecule is CCCC(CC(=O)O)NC(=O)N(C)Cc1csc(C)n1. The third-order valence-corrected chi connectivity index (χ3v) is 3.62. The van der Waals surface area contributed by atoms with E-state index in [2.05, 4.69) is 10.3 Å². The average Bonchev–Trinajstić information content (AvgIpc) is 2.74. The van der Waals surface area contributed by atoms with Gasteiger partial charge in [-0.25, -0.2) is 9.78 Å². The highest BCUT2D eigenvalue weighted by Gasteiger charge is 2.18. The number of aliphatic carboxylic acids is 1. The molecule has 0 aromatic carbocycles. The highest BCUT2D eigenvalue weighted by Crippen LogP contribution is 2.10. The van der Waals surface area contributed by atoms with Gasteiger partial charge in [-0.2, -0.15) is 0 Å². The van der Waals surface area contributed by atoms with Crippen molar-refractivity contribution >= 4 is 23.3 Å². The van der Waals surface area contributed by atoms with E-state index >= 15 is 0 Å². The highest BCUT2D eigenvalue weighted by atomic mass is 32.1. The normalized spacial score (nSPS) is 11.9. The number of nitrogens with zero attached hydrogens (tertiary/aromatic N) is 2. The van der Waals surface area contributed by atoms with Gasteiger partial charge < -0.3 is 15.3 Å². The maximum absolute atomic E-state index is 12.0. The lowest BCUT2D eigenvalue weighted by molar-refractivity contribution is -0.137. The Kier molecular flexibility index (Phi) is 6.44. The van der Waals surface area contributed by atoms with Crippen LogP contribution in [0.3, 0.4) is 0 Å². The Balaban J connectivity index is 2.52. The van der Waals surface area contributed by atoms with Crippen LogP contribution in [0.15, 0.2) is 5.38 Å². The first-order chi connectivity index (χ1) is 9.42. The lowest BCUT2D eigenvalue weighted by Crippen LogP contribution is -2.43. The second-order valence-electron chi connectivity index (χ2n) is 4.75. The molecule has 7 heteroatoms. The molecule has 1 aromatic rings. The first kappa shape index (κ1) is 16.4. The van der Waals surface area contributed by atoms with Gasteiger partial charge in [0.15, 0.2) is 0 Å². The van der Waals surface area contributed by atoms with Gasteiger partial charge in [-0.15, -0.1) is 11.3 Å². The third kappa shape index (κ3) is 5.56. The van der Waals surface area contributed by atoms with Gasteiger partial charge in [-0.05, 0) is 13.3 Å². The fourth-order valence-electron chi connectivity index (χ4n) is 1.86. The zero-order valence-corrected chi connectivity index (χ0v) is 12.9. The van der Waals surface area contributed by atoms with E-state index in [9.17, 15) is 9.59 Å². The van der Waals surface area contributed by atoms with Crippen molar-refractivity contribution in [2.45, 2.75) is 45.7 Å². The summed E-state index contributed by atoms with van der Waals surface area (Å²) in [6.07, 6.45) is 1.43. The molecule has 0 fully saturated rings. The van der Waals surface area contributed by atoms with Crippen molar-refractivity contribution in [3.05, 3.63) is 16.1 Å². The Morgan fingerprint density at radius 3 is 2.75 bits per heavy atom. The standard InChI is InChI=1S/C13H21N3O3S/c1-4-5-10(6-12(17)18)15-13(19)16(3)7-11-8-20-9(2)14-11/h8,10H,4-7H2,1-3H3,(H,15,19)(H,17,18). The van der Waals surface area contributed by atoms with Crippen LogP contribution < -0.4 is 5.32 Å². The fraction of sp³-hybridized carbons (Fsp3) is 0.615. The molecule has 0 aliphatic heterocycles. The molecule has 20 heavy (non-hydrogen) atoms. The molecule has 1 atom stereocenters. The molecule has 0 saturated heterocycles. The monoisotopic (exact) mass is 299 g/mol. The summed E-state index contributed by atoms with van der Waals surface area (Å²) in [5, 5.41) is 14.5. The maximum atomic E-state index is 12.0. The first-order valence-corrected chi connectivity index (χ1v) is 7.44. The average molecular weight is 299 g/mol. The van der Waals surface area contributed by atoms with E-state index < -0.39 is 5.97 Å². The van der Waals surface area contributed by atoms with E-state index in [-0.39, 0.29) is 18.5 Å². The summed E-state index contributed by atoms with van der Waals surface area (Å²) in [7, 11) is 1.67. The Bertz CT molecular complexity index is 461. The quantitative estimate of drug-likeness (QED) is 0.809. The van der Waals surface area contributed by atoms with E-state index in [4.69, 9.17) is 5.11 Å². The van der Waals surface area contributed by atoms with Gasteiger partial charge >= 0.3 is 12.0 Å². The minimum atomic E-state index is -0.901. The number of aryl methyl sites for hydroxylation is 1. The van der Waals surface area contributed by atoms with Gasteiger partial charge in [0.2, 0.25) is 0 Å². The van der Waals surface area contributed by atoms with E-state index in [0.29, 0.717) is 13.0 Å². The molecule has 1 heterocycles. The Labute approximate surface area is 122 Å². The number of nitrogens with one attached hydrogen (secondary N) is 1. The minimum absolute atomic E-state index is 0.0524. The minimum Gasteiger partial charge on any atom is -0.481 e. The van der Waals surface area contributed by atoms with Crippen molar-refractivity contribution in [2.75, 3.05) is 7.05 Å². The van der Waals surface area contributed by atoms with Crippen molar-refractivity contribution in [1.82, 2.24) is 15.2 Å². The predicted molar refractivity (Wildman–Crippen MR) is 77.8 cm³/mol. The molecule has 0 aliphatic rings. The summed E-state index contributed by atoms with van der Waals surface area (Å²) in [4.78, 5) is 28.6. The number of carbonyl (C=O) groups is 2. The van der Waals surface area contributed by atoms with Crippen LogP contribution in [0.1, 0.15) is 36.9 Å². The van der Waals surface area contributed by atoms with E-state index in [0.717, 1.165) is 17.1 Å². The molecule has 6 nitrogen and oxygen atoms in total. The molecule has 1 unspecified atom stereocenters. The summed E-state index contributed by atoms with van der Waals surface area (Å²) in [6, 6.07) is -0.597. The molecule has 0 radical (unpaired) electrons. The third-order valence-electron chi connectivity index (χ3n) is 2.80. The van der Waals surface area contributed by atoms with Crippen molar-refractivity contribution in [3.63, 3.8) is 0 Å². The molecular formula is C13H21N3O3S. The number of carboxylic acids is 1. The largest absolute Gasteiger partial charge is 0.481 e. The summed E-state index contributed by atoms with van der Waals surface area (Å²) < 4.78 is 0. The number of carboxylic acid groups (broad SMARTS) is 1. The first-order valence-electron chi connectivity index (χ1n) is 6.56. The predicted octanol–water partition coefficient (Wildman–Crippen LogP) is 2.24. The van der Waals surface area contributed by atoms with E-state index in [1.807, 2.05) is 19.2 Å². The van der Waals surface area contributed by atoms with Crippen LogP contribution >= 0.6 is 11.3 Å². The summed E-state index contributed by atoms with van der Waals surface area (Å²) in [5.41, 5.74) is 0.843. The van der Waals surface area contributed by atoms with E-state index in [1.54, 1.807) is 18.4 Å². The van der Waals surface area contributed by atoms with Crippen molar-refractivity contribution in [2.24, 2.45) is 0 Å². The summed E-state index contributed by atoms with van der Waals surface area (Å²) >= 11 is 1.54.